The van der Waals surface area contributed by atoms with Crippen molar-refractivity contribution in [1.82, 2.24) is 4.90 Å². The molecule has 1 atom stereocenters. The monoisotopic (exact) mass is 293 g/mol. The summed E-state index contributed by atoms with van der Waals surface area (Å²) in [4.78, 5) is 24.4. The smallest absolute Gasteiger partial charge is 0.292 e. The minimum atomic E-state index is -0.578. The largest absolute Gasteiger partial charge is 0.393 e. The minimum absolute atomic E-state index is 0.0384. The van der Waals surface area contributed by atoms with Gasteiger partial charge in [0.2, 0.25) is 0 Å². The molecule has 1 saturated heterocycles. The summed E-state index contributed by atoms with van der Waals surface area (Å²) in [6.07, 6.45) is 1.84. The van der Waals surface area contributed by atoms with Crippen LogP contribution in [-0.2, 0) is 4.74 Å². The number of nitro benzene ring substituents is 1. The number of nitrogens with two attached hydrogens (primary N) is 1. The molecule has 1 fully saturated rings. The molecule has 7 heteroatoms. The fourth-order valence-electron chi connectivity index (χ4n) is 2.51. The zero-order valence-corrected chi connectivity index (χ0v) is 11.9. The third-order valence-electron chi connectivity index (χ3n) is 3.54. The van der Waals surface area contributed by atoms with Gasteiger partial charge in [0.1, 0.15) is 5.69 Å². The second-order valence-electron chi connectivity index (χ2n) is 5.00. The SMILES string of the molecule is CCOC1CCCN(C(=O)c2ccc(N)c([N+](=O)[O-])c2)C1. The highest BCUT2D eigenvalue weighted by Crippen LogP contribution is 2.24. The van der Waals surface area contributed by atoms with Gasteiger partial charge in [0.05, 0.1) is 11.0 Å². The molecule has 1 aliphatic heterocycles. The second kappa shape index (κ2) is 6.53. The number of rotatable bonds is 4. The normalized spacial score (nSPS) is 18.5. The van der Waals surface area contributed by atoms with Crippen molar-refractivity contribution in [2.45, 2.75) is 25.9 Å². The Morgan fingerprint density at radius 1 is 1.57 bits per heavy atom. The number of carbonyl (C=O) groups is 1. The average Bonchev–Trinajstić information content (AvgIpc) is 2.47. The Hall–Kier alpha value is -2.15. The maximum absolute atomic E-state index is 12.4. The maximum atomic E-state index is 12.4. The first-order valence-corrected chi connectivity index (χ1v) is 6.97. The lowest BCUT2D eigenvalue weighted by atomic mass is 10.1. The van der Waals surface area contributed by atoms with Crippen LogP contribution in [0.3, 0.4) is 0 Å². The van der Waals surface area contributed by atoms with E-state index in [1.165, 1.54) is 18.2 Å². The number of ether oxygens (including phenoxy) is 1. The molecule has 114 valence electrons. The quantitative estimate of drug-likeness (QED) is 0.518. The van der Waals surface area contributed by atoms with Crippen molar-refractivity contribution in [3.63, 3.8) is 0 Å². The van der Waals surface area contributed by atoms with E-state index in [0.717, 1.165) is 12.8 Å². The fraction of sp³-hybridized carbons (Fsp3) is 0.500. The Balaban J connectivity index is 2.16. The van der Waals surface area contributed by atoms with E-state index in [1.54, 1.807) is 4.90 Å². The number of hydrogen-bond donors (Lipinski definition) is 1. The van der Waals surface area contributed by atoms with Crippen LogP contribution in [-0.4, -0.2) is 41.5 Å². The van der Waals surface area contributed by atoms with Crippen molar-refractivity contribution in [2.75, 3.05) is 25.4 Å². The molecule has 1 aromatic carbocycles. The van der Waals surface area contributed by atoms with Crippen LogP contribution in [0, 0.1) is 10.1 Å². The second-order valence-corrected chi connectivity index (χ2v) is 5.00. The first-order valence-electron chi connectivity index (χ1n) is 6.97. The zero-order chi connectivity index (χ0) is 15.4. The number of amides is 1. The summed E-state index contributed by atoms with van der Waals surface area (Å²) in [5, 5.41) is 10.9. The van der Waals surface area contributed by atoms with Crippen molar-refractivity contribution in [3.05, 3.63) is 33.9 Å². The van der Waals surface area contributed by atoms with Crippen LogP contribution in [0.1, 0.15) is 30.1 Å². The first-order chi connectivity index (χ1) is 10.0. The van der Waals surface area contributed by atoms with E-state index >= 15 is 0 Å². The molecule has 1 aliphatic rings. The fourth-order valence-corrected chi connectivity index (χ4v) is 2.51. The highest BCUT2D eigenvalue weighted by molar-refractivity contribution is 5.95. The summed E-state index contributed by atoms with van der Waals surface area (Å²) in [6, 6.07) is 4.16. The molecular formula is C14H19N3O4. The van der Waals surface area contributed by atoms with Crippen molar-refractivity contribution in [1.29, 1.82) is 0 Å². The molecule has 0 spiro atoms. The number of nitrogen functional groups attached to an aromatic ring is 1. The van der Waals surface area contributed by atoms with Gasteiger partial charge < -0.3 is 15.4 Å². The lowest BCUT2D eigenvalue weighted by Gasteiger charge is -2.32. The minimum Gasteiger partial charge on any atom is -0.393 e. The molecule has 0 bridgehead atoms. The Morgan fingerprint density at radius 2 is 2.33 bits per heavy atom. The van der Waals surface area contributed by atoms with E-state index in [1.807, 2.05) is 6.92 Å². The first kappa shape index (κ1) is 15.2. The van der Waals surface area contributed by atoms with Gasteiger partial charge in [0.15, 0.2) is 0 Å². The van der Waals surface area contributed by atoms with Gasteiger partial charge >= 0.3 is 0 Å². The van der Waals surface area contributed by atoms with Crippen LogP contribution < -0.4 is 5.73 Å². The van der Waals surface area contributed by atoms with Crippen LogP contribution in [0.5, 0.6) is 0 Å². The van der Waals surface area contributed by atoms with Gasteiger partial charge in [-0.2, -0.15) is 0 Å². The molecule has 21 heavy (non-hydrogen) atoms. The van der Waals surface area contributed by atoms with Gasteiger partial charge in [-0.1, -0.05) is 0 Å². The number of benzene rings is 1. The number of nitrogens with zero attached hydrogens (tertiary/aromatic N) is 2. The molecule has 2 N–H and O–H groups in total. The van der Waals surface area contributed by atoms with Gasteiger partial charge in [0, 0.05) is 31.3 Å². The standard InChI is InChI=1S/C14H19N3O4/c1-2-21-11-4-3-7-16(9-11)14(18)10-5-6-12(15)13(8-10)17(19)20/h5-6,8,11H,2-4,7,9,15H2,1H3. The van der Waals surface area contributed by atoms with E-state index in [2.05, 4.69) is 0 Å². The predicted octanol–water partition coefficient (Wildman–Crippen LogP) is 1.82. The van der Waals surface area contributed by atoms with Crippen LogP contribution in [0.15, 0.2) is 18.2 Å². The molecule has 0 aliphatic carbocycles. The Kier molecular flexibility index (Phi) is 4.74. The lowest BCUT2D eigenvalue weighted by molar-refractivity contribution is -0.383. The van der Waals surface area contributed by atoms with Gasteiger partial charge in [0.25, 0.3) is 11.6 Å². The maximum Gasteiger partial charge on any atom is 0.292 e. The van der Waals surface area contributed by atoms with Crippen LogP contribution in [0.2, 0.25) is 0 Å². The van der Waals surface area contributed by atoms with E-state index in [4.69, 9.17) is 10.5 Å². The number of piperidine rings is 1. The number of carbonyl (C=O) groups excluding carboxylic acids is 1. The van der Waals surface area contributed by atoms with E-state index in [0.29, 0.717) is 19.7 Å². The number of nitro groups is 1. The average molecular weight is 293 g/mol. The molecule has 1 amide bonds. The molecule has 2 rings (SSSR count). The highest BCUT2D eigenvalue weighted by Gasteiger charge is 2.26. The number of hydrogen-bond acceptors (Lipinski definition) is 5. The van der Waals surface area contributed by atoms with Crippen molar-refractivity contribution < 1.29 is 14.5 Å². The van der Waals surface area contributed by atoms with Crippen molar-refractivity contribution in [2.24, 2.45) is 0 Å². The number of anilines is 1. The highest BCUT2D eigenvalue weighted by atomic mass is 16.6. The van der Waals surface area contributed by atoms with Gasteiger partial charge in [-0.3, -0.25) is 14.9 Å². The summed E-state index contributed by atoms with van der Waals surface area (Å²) in [6.45, 7) is 3.69. The Labute approximate surface area is 122 Å². The summed E-state index contributed by atoms with van der Waals surface area (Å²) < 4.78 is 5.56. The third kappa shape index (κ3) is 3.49. The third-order valence-corrected chi connectivity index (χ3v) is 3.54. The molecule has 7 nitrogen and oxygen atoms in total. The van der Waals surface area contributed by atoms with Crippen molar-refractivity contribution >= 4 is 17.3 Å². The van der Waals surface area contributed by atoms with E-state index in [9.17, 15) is 14.9 Å². The molecule has 0 saturated carbocycles. The predicted molar refractivity (Wildman–Crippen MR) is 78.1 cm³/mol. The van der Waals surface area contributed by atoms with Gasteiger partial charge in [-0.05, 0) is 31.9 Å². The molecule has 1 heterocycles. The number of likely N-dealkylation sites (tertiary alicyclic amines) is 1. The molecule has 0 aromatic heterocycles. The Bertz CT molecular complexity index is 545. The summed E-state index contributed by atoms with van der Waals surface area (Å²) in [5.41, 5.74) is 5.65. The van der Waals surface area contributed by atoms with Crippen LogP contribution >= 0.6 is 0 Å². The molecule has 1 unspecified atom stereocenters. The Morgan fingerprint density at radius 3 is 3.00 bits per heavy atom. The van der Waals surface area contributed by atoms with Crippen LogP contribution in [0.4, 0.5) is 11.4 Å². The van der Waals surface area contributed by atoms with Crippen molar-refractivity contribution in [3.8, 4) is 0 Å². The summed E-state index contributed by atoms with van der Waals surface area (Å²) in [7, 11) is 0. The van der Waals surface area contributed by atoms with Crippen LogP contribution in [0.25, 0.3) is 0 Å². The molecule has 0 radical (unpaired) electrons. The molecular weight excluding hydrogens is 274 g/mol. The van der Waals surface area contributed by atoms with Gasteiger partial charge in [-0.25, -0.2) is 0 Å². The van der Waals surface area contributed by atoms with E-state index < -0.39 is 4.92 Å². The summed E-state index contributed by atoms with van der Waals surface area (Å²) >= 11 is 0. The zero-order valence-electron chi connectivity index (χ0n) is 11.9. The molecule has 1 aromatic rings. The van der Waals surface area contributed by atoms with E-state index in [-0.39, 0.29) is 28.9 Å². The topological polar surface area (TPSA) is 98.7 Å². The lowest BCUT2D eigenvalue weighted by Crippen LogP contribution is -2.43. The van der Waals surface area contributed by atoms with Gasteiger partial charge in [-0.15, -0.1) is 0 Å². The summed E-state index contributed by atoms with van der Waals surface area (Å²) in [5.74, 6) is -0.220.